The summed E-state index contributed by atoms with van der Waals surface area (Å²) < 4.78 is 16.0. The molecule has 0 saturated heterocycles. The number of nitrogens with zero attached hydrogens (tertiary/aromatic N) is 3. The van der Waals surface area contributed by atoms with Crippen molar-refractivity contribution in [3.05, 3.63) is 15.6 Å². The summed E-state index contributed by atoms with van der Waals surface area (Å²) in [4.78, 5) is 7.75. The smallest absolute Gasteiger partial charge is 0.194 e. The van der Waals surface area contributed by atoms with Crippen LogP contribution in [0, 0.1) is 11.3 Å². The minimum atomic E-state index is 0.607. The van der Waals surface area contributed by atoms with Crippen molar-refractivity contribution in [1.82, 2.24) is 9.88 Å². The Hall–Kier alpha value is -1.06. The van der Waals surface area contributed by atoms with Gasteiger partial charge in [-0.1, -0.05) is 0 Å². The summed E-state index contributed by atoms with van der Waals surface area (Å²) in [6.45, 7) is 2.01. The average molecular weight is 217 g/mol. The third-order valence-corrected chi connectivity index (χ3v) is 3.00. The van der Waals surface area contributed by atoms with E-state index in [-0.39, 0.29) is 0 Å². The van der Waals surface area contributed by atoms with Crippen molar-refractivity contribution < 1.29 is 9.15 Å². The van der Waals surface area contributed by atoms with Crippen molar-refractivity contribution in [3.63, 3.8) is 0 Å². The maximum absolute atomic E-state index is 8.64. The van der Waals surface area contributed by atoms with Crippen LogP contribution in [0.3, 0.4) is 0 Å². The Labute approximate surface area is 84.5 Å². The zero-order chi connectivity index (χ0) is 10.6. The van der Waals surface area contributed by atoms with Crippen LogP contribution in [0.4, 0.5) is 9.15 Å². The first-order chi connectivity index (χ1) is 6.79. The van der Waals surface area contributed by atoms with E-state index in [1.807, 2.05) is 0 Å². The lowest BCUT2D eigenvalue weighted by molar-refractivity contribution is 0.108. The number of fused-ring (bicyclic) bond motifs is 1. The Kier molecular flexibility index (Phi) is 3.92. The zero-order valence-corrected chi connectivity index (χ0v) is 8.44. The van der Waals surface area contributed by atoms with Gasteiger partial charge in [-0.05, 0) is 7.05 Å². The Morgan fingerprint density at radius 2 is 2.29 bits per heavy atom. The molecule has 0 spiro atoms. The van der Waals surface area contributed by atoms with E-state index in [2.05, 4.69) is 23.0 Å². The highest BCUT2D eigenvalue weighted by molar-refractivity contribution is 7.12. The van der Waals surface area contributed by atoms with Crippen LogP contribution >= 0.6 is 11.3 Å². The molecule has 2 rings (SSSR count). The highest BCUT2D eigenvalue weighted by Gasteiger charge is 2.17. The van der Waals surface area contributed by atoms with Crippen LogP contribution in [-0.4, -0.2) is 23.5 Å². The average Bonchev–Trinajstić information content (AvgIpc) is 2.62. The molecule has 6 heteroatoms. The summed E-state index contributed by atoms with van der Waals surface area (Å²) in [7, 11) is 2.09. The van der Waals surface area contributed by atoms with E-state index in [0.29, 0.717) is 5.01 Å². The van der Waals surface area contributed by atoms with Crippen LogP contribution in [0.25, 0.3) is 0 Å². The number of aromatic nitrogens is 1. The molecule has 1 aliphatic heterocycles. The summed E-state index contributed by atoms with van der Waals surface area (Å²) >= 11 is 1.53. The summed E-state index contributed by atoms with van der Waals surface area (Å²) in [6, 6.07) is 2.09. The molecule has 1 aromatic heterocycles. The van der Waals surface area contributed by atoms with Crippen LogP contribution in [-0.2, 0) is 13.0 Å². The highest BCUT2D eigenvalue weighted by atomic mass is 32.1. The van der Waals surface area contributed by atoms with Gasteiger partial charge in [0, 0.05) is 33.5 Å². The molecule has 0 amide bonds. The van der Waals surface area contributed by atoms with Gasteiger partial charge in [0.25, 0.3) is 0 Å². The Bertz CT molecular complexity index is 345. The van der Waals surface area contributed by atoms with E-state index >= 15 is 0 Å². The predicted molar refractivity (Wildman–Crippen MR) is 49.1 cm³/mol. The molecule has 0 aromatic carbocycles. The Balaban J connectivity index is 0.000000461. The van der Waals surface area contributed by atoms with Crippen LogP contribution in [0.15, 0.2) is 0 Å². The van der Waals surface area contributed by atoms with Gasteiger partial charge in [0.2, 0.25) is 0 Å². The van der Waals surface area contributed by atoms with Crippen molar-refractivity contribution in [2.75, 3.05) is 13.6 Å². The summed E-state index contributed by atoms with van der Waals surface area (Å²) in [5.74, 6) is 0. The summed E-state index contributed by atoms with van der Waals surface area (Å²) in [5.41, 5.74) is 1.13. The van der Waals surface area contributed by atoms with Gasteiger partial charge < -0.3 is 4.90 Å². The molecular formula is C8H9F2N3S. The van der Waals surface area contributed by atoms with Gasteiger partial charge in [-0.15, -0.1) is 11.3 Å². The molecule has 1 aliphatic rings. The van der Waals surface area contributed by atoms with Crippen LogP contribution in [0.5, 0.6) is 0 Å². The fraction of sp³-hybridized carbons (Fsp3) is 0.500. The maximum atomic E-state index is 8.64. The molecule has 0 bridgehead atoms. The first-order valence-electron chi connectivity index (χ1n) is 4.01. The molecule has 0 aliphatic carbocycles. The largest absolute Gasteiger partial charge is 0.301 e. The van der Waals surface area contributed by atoms with E-state index in [9.17, 15) is 0 Å². The fourth-order valence-electron chi connectivity index (χ4n) is 1.37. The third kappa shape index (κ3) is 2.25. The fourth-order valence-corrected chi connectivity index (χ4v) is 2.36. The number of halogens is 2. The normalized spacial score (nSPS) is 15.0. The molecule has 0 radical (unpaired) electrons. The number of nitriles is 1. The number of likely N-dealkylation sites (N-methyl/N-ethyl adjacent to an activating group) is 1. The summed E-state index contributed by atoms with van der Waals surface area (Å²) in [5, 5.41) is 9.24. The van der Waals surface area contributed by atoms with E-state index in [4.69, 9.17) is 14.4 Å². The first-order valence-corrected chi connectivity index (χ1v) is 4.83. The minimum absolute atomic E-state index is 0.607. The second-order valence-electron chi connectivity index (χ2n) is 2.99. The monoisotopic (exact) mass is 217 g/mol. The Morgan fingerprint density at radius 3 is 2.93 bits per heavy atom. The van der Waals surface area contributed by atoms with E-state index in [1.54, 1.807) is 0 Å². The van der Waals surface area contributed by atoms with Gasteiger partial charge in [-0.2, -0.15) is 5.26 Å². The molecule has 0 unspecified atom stereocenters. The number of thiazole rings is 1. The van der Waals surface area contributed by atoms with Gasteiger partial charge >= 0.3 is 0 Å². The standard InChI is InChI=1S/C8H9N3S.F2/c1-11-3-2-6-7(5-11)12-8(4-9)10-6;1-2/h2-3,5H2,1H3;. The van der Waals surface area contributed by atoms with Crippen molar-refractivity contribution >= 4 is 11.3 Å². The van der Waals surface area contributed by atoms with Crippen LogP contribution in [0.1, 0.15) is 15.6 Å². The van der Waals surface area contributed by atoms with Gasteiger partial charge in [0.05, 0.1) is 5.69 Å². The van der Waals surface area contributed by atoms with Crippen molar-refractivity contribution in [3.8, 4) is 6.07 Å². The highest BCUT2D eigenvalue weighted by Crippen LogP contribution is 2.23. The van der Waals surface area contributed by atoms with Crippen LogP contribution < -0.4 is 0 Å². The molecule has 3 nitrogen and oxygen atoms in total. The zero-order valence-electron chi connectivity index (χ0n) is 7.63. The lowest BCUT2D eigenvalue weighted by atomic mass is 10.2. The SMILES string of the molecule is CN1CCc2nc(C#N)sc2C1.FF. The van der Waals surface area contributed by atoms with Crippen molar-refractivity contribution in [1.29, 1.82) is 5.26 Å². The predicted octanol–water partition coefficient (Wildman–Crippen LogP) is 1.84. The number of hydrogen-bond acceptors (Lipinski definition) is 4. The first kappa shape index (κ1) is 11.0. The molecule has 2 heterocycles. The molecule has 14 heavy (non-hydrogen) atoms. The van der Waals surface area contributed by atoms with E-state index in [0.717, 1.165) is 25.2 Å². The van der Waals surface area contributed by atoms with Gasteiger partial charge in [-0.3, -0.25) is 0 Å². The van der Waals surface area contributed by atoms with Crippen molar-refractivity contribution in [2.45, 2.75) is 13.0 Å². The third-order valence-electron chi connectivity index (χ3n) is 2.02. The second kappa shape index (κ2) is 4.98. The van der Waals surface area contributed by atoms with E-state index < -0.39 is 0 Å². The number of hydrogen-bond donors (Lipinski definition) is 0. The topological polar surface area (TPSA) is 39.9 Å². The molecule has 1 aromatic rings. The van der Waals surface area contributed by atoms with Gasteiger partial charge in [-0.25, -0.2) is 4.98 Å². The Morgan fingerprint density at radius 1 is 1.57 bits per heavy atom. The molecule has 76 valence electrons. The molecular weight excluding hydrogens is 208 g/mol. The lowest BCUT2D eigenvalue weighted by Crippen LogP contribution is -2.25. The quantitative estimate of drug-likeness (QED) is 0.665. The van der Waals surface area contributed by atoms with Gasteiger partial charge in [0.15, 0.2) is 5.01 Å². The van der Waals surface area contributed by atoms with E-state index in [1.165, 1.54) is 16.2 Å². The maximum Gasteiger partial charge on any atom is 0.194 e. The summed E-state index contributed by atoms with van der Waals surface area (Å²) in [6.07, 6.45) is 0.990. The molecule has 0 atom stereocenters. The van der Waals surface area contributed by atoms with Gasteiger partial charge in [0.1, 0.15) is 6.07 Å². The molecule has 0 saturated carbocycles. The molecule has 0 N–H and O–H groups in total. The second-order valence-corrected chi connectivity index (χ2v) is 4.07. The van der Waals surface area contributed by atoms with Crippen LogP contribution in [0.2, 0.25) is 0 Å². The number of rotatable bonds is 0. The molecule has 0 fully saturated rings. The lowest BCUT2D eigenvalue weighted by Gasteiger charge is -2.20. The minimum Gasteiger partial charge on any atom is -0.301 e. The van der Waals surface area contributed by atoms with Crippen molar-refractivity contribution in [2.24, 2.45) is 0 Å².